The number of carbonyl (C=O) groups is 6. The van der Waals surface area contributed by atoms with Crippen LogP contribution in [0.2, 0.25) is 0 Å². The van der Waals surface area contributed by atoms with Crippen LogP contribution in [-0.4, -0.2) is 106 Å². The Morgan fingerprint density at radius 3 is 2.55 bits per heavy atom. The topological polar surface area (TPSA) is 274 Å². The molecule has 0 radical (unpaired) electrons. The lowest BCUT2D eigenvalue weighted by Gasteiger charge is -2.49. The number of oxime groups is 1. The smallest absolute Gasteiger partial charge is 0.352 e. The van der Waals surface area contributed by atoms with Crippen molar-refractivity contribution in [3.05, 3.63) is 47.0 Å². The number of ether oxygens (including phenoxy) is 2. The third-order valence-electron chi connectivity index (χ3n) is 6.60. The molecule has 2 aliphatic rings. The Morgan fingerprint density at radius 1 is 1.18 bits per heavy atom. The fourth-order valence-corrected chi connectivity index (χ4v) is 6.83. The number of β-lactam (4-membered cyclic amide) rings is 1. The van der Waals surface area contributed by atoms with E-state index in [1.807, 2.05) is 0 Å². The number of oxazole rings is 1. The van der Waals surface area contributed by atoms with Gasteiger partial charge in [0.25, 0.3) is 17.8 Å². The van der Waals surface area contributed by atoms with E-state index in [4.69, 9.17) is 24.5 Å². The Labute approximate surface area is 283 Å². The number of tetrazole rings is 1. The standard InChI is InChI=1S/C27H25N9O11S2/c1-11(37)46-17-5-4-13(6-18(17)47-12(2)38)16(39)8-45-32-19(15-7-44-26(28)29-15)22(40)30-20-23(41)36-21(25(42)43)14(9-48-24(20)36)10-49-27-31-33-34-35(27)3/h4-7,20,24H,8-10H2,1-3H3,(H2,28,29)(H,30,40)(H,42,43)/t20-,24+/m1/s1. The fraction of sp³-hybridized carbons (Fsp3) is 0.296. The fourth-order valence-electron chi connectivity index (χ4n) is 4.49. The summed E-state index contributed by atoms with van der Waals surface area (Å²) in [6.07, 6.45) is 1.00. The van der Waals surface area contributed by atoms with Gasteiger partial charge in [-0.15, -0.1) is 16.9 Å². The van der Waals surface area contributed by atoms with Crippen LogP contribution in [0.4, 0.5) is 6.01 Å². The lowest BCUT2D eigenvalue weighted by Crippen LogP contribution is -2.71. The molecule has 49 heavy (non-hydrogen) atoms. The summed E-state index contributed by atoms with van der Waals surface area (Å²) >= 11 is 2.45. The molecule has 3 aromatic rings. The molecule has 0 spiro atoms. The minimum atomic E-state index is -1.31. The molecule has 1 saturated heterocycles. The number of carboxylic acid groups (broad SMARTS) is 1. The highest BCUT2D eigenvalue weighted by atomic mass is 32.2. The maximum Gasteiger partial charge on any atom is 0.352 e. The van der Waals surface area contributed by atoms with Gasteiger partial charge in [-0.25, -0.2) is 9.48 Å². The van der Waals surface area contributed by atoms with E-state index < -0.39 is 59.2 Å². The number of Topliss-reactive ketones (excluding diaryl/α,β-unsaturated/α-hetero) is 1. The summed E-state index contributed by atoms with van der Waals surface area (Å²) < 4.78 is 16.4. The molecule has 0 unspecified atom stereocenters. The van der Waals surface area contributed by atoms with E-state index in [9.17, 15) is 33.9 Å². The third kappa shape index (κ3) is 7.70. The zero-order valence-corrected chi connectivity index (χ0v) is 27.3. The first-order valence-corrected chi connectivity index (χ1v) is 15.9. The van der Waals surface area contributed by atoms with Gasteiger partial charge in [0.1, 0.15) is 29.1 Å². The molecule has 2 aromatic heterocycles. The SMILES string of the molecule is CC(=O)Oc1ccc(C(=O)CON=C(C(=O)N[C@@H]2C(=O)N3C(C(=O)O)=C(CSc4nnnn4C)CS[C@@H]23)c2coc(N)n2)cc1OC(C)=O. The van der Waals surface area contributed by atoms with Crippen molar-refractivity contribution in [2.45, 2.75) is 30.4 Å². The third-order valence-corrected chi connectivity index (χ3v) is 9.03. The first kappa shape index (κ1) is 34.6. The number of hydrogen-bond donors (Lipinski definition) is 3. The van der Waals surface area contributed by atoms with Crippen molar-refractivity contribution < 1.29 is 52.6 Å². The van der Waals surface area contributed by atoms with Gasteiger partial charge in [0, 0.05) is 38.0 Å². The number of amides is 2. The lowest BCUT2D eigenvalue weighted by atomic mass is 10.0. The van der Waals surface area contributed by atoms with Gasteiger partial charge >= 0.3 is 17.9 Å². The van der Waals surface area contributed by atoms with E-state index in [0.29, 0.717) is 10.7 Å². The van der Waals surface area contributed by atoms with Crippen molar-refractivity contribution >= 4 is 70.8 Å². The number of nitrogens with two attached hydrogens (primary N) is 1. The van der Waals surface area contributed by atoms with Crippen LogP contribution in [0.3, 0.4) is 0 Å². The summed E-state index contributed by atoms with van der Waals surface area (Å²) in [6, 6.07) is 2.24. The van der Waals surface area contributed by atoms with Crippen LogP contribution < -0.4 is 20.5 Å². The van der Waals surface area contributed by atoms with Gasteiger partial charge in [-0.3, -0.25) is 28.9 Å². The molecule has 1 aromatic carbocycles. The van der Waals surface area contributed by atoms with Crippen molar-refractivity contribution in [3.8, 4) is 11.5 Å². The second-order valence-electron chi connectivity index (χ2n) is 10.0. The number of thioether (sulfide) groups is 2. The molecule has 0 aliphatic carbocycles. The summed E-state index contributed by atoms with van der Waals surface area (Å²) in [7, 11) is 1.63. The molecule has 0 saturated carbocycles. The molecular weight excluding hydrogens is 690 g/mol. The summed E-state index contributed by atoms with van der Waals surface area (Å²) in [5.41, 5.74) is 5.14. The largest absolute Gasteiger partial charge is 0.477 e. The Balaban J connectivity index is 1.29. The van der Waals surface area contributed by atoms with E-state index in [2.05, 4.69) is 31.0 Å². The van der Waals surface area contributed by atoms with Crippen LogP contribution in [0.15, 0.2) is 50.5 Å². The second-order valence-corrected chi connectivity index (χ2v) is 12.1. The highest BCUT2D eigenvalue weighted by molar-refractivity contribution is 8.01. The quantitative estimate of drug-likeness (QED) is 0.0392. The van der Waals surface area contributed by atoms with Gasteiger partial charge in [-0.1, -0.05) is 16.9 Å². The molecule has 20 nitrogen and oxygen atoms in total. The summed E-state index contributed by atoms with van der Waals surface area (Å²) in [4.78, 5) is 84.7. The molecule has 4 heterocycles. The zero-order valence-electron chi connectivity index (χ0n) is 25.6. The molecule has 0 bridgehead atoms. The Kier molecular flexibility index (Phi) is 10.3. The lowest BCUT2D eigenvalue weighted by molar-refractivity contribution is -0.150. The molecule has 1 fully saturated rings. The number of aryl methyl sites for hydroxylation is 1. The maximum absolute atomic E-state index is 13.4. The van der Waals surface area contributed by atoms with Gasteiger partial charge in [0.15, 0.2) is 23.8 Å². The highest BCUT2D eigenvalue weighted by Gasteiger charge is 2.54. The van der Waals surface area contributed by atoms with Crippen LogP contribution in [0.25, 0.3) is 0 Å². The number of nitrogens with zero attached hydrogens (tertiary/aromatic N) is 7. The van der Waals surface area contributed by atoms with Crippen LogP contribution >= 0.6 is 23.5 Å². The predicted molar refractivity (Wildman–Crippen MR) is 166 cm³/mol. The van der Waals surface area contributed by atoms with E-state index in [1.54, 1.807) is 7.05 Å². The Bertz CT molecular complexity index is 1920. The van der Waals surface area contributed by atoms with Gasteiger partial charge in [0.05, 0.1) is 0 Å². The van der Waals surface area contributed by atoms with Crippen LogP contribution in [-0.2, 0) is 35.9 Å². The minimum absolute atomic E-state index is 0.0122. The number of benzene rings is 1. The normalized spacial score (nSPS) is 17.2. The monoisotopic (exact) mass is 715 g/mol. The van der Waals surface area contributed by atoms with Crippen molar-refractivity contribution in [2.75, 3.05) is 23.8 Å². The number of nitrogens with one attached hydrogen (secondary N) is 1. The minimum Gasteiger partial charge on any atom is -0.477 e. The van der Waals surface area contributed by atoms with Gasteiger partial charge in [-0.05, 0) is 34.2 Å². The Morgan fingerprint density at radius 2 is 1.92 bits per heavy atom. The summed E-state index contributed by atoms with van der Waals surface area (Å²) in [5.74, 6) is -4.87. The molecule has 256 valence electrons. The first-order valence-electron chi connectivity index (χ1n) is 13.9. The zero-order chi connectivity index (χ0) is 35.4. The maximum atomic E-state index is 13.4. The first-order chi connectivity index (χ1) is 23.3. The number of fused-ring (bicyclic) bond motifs is 1. The van der Waals surface area contributed by atoms with Crippen molar-refractivity contribution in [1.29, 1.82) is 0 Å². The summed E-state index contributed by atoms with van der Waals surface area (Å²) in [5, 5.41) is 27.1. The van der Waals surface area contributed by atoms with Crippen molar-refractivity contribution in [2.24, 2.45) is 12.2 Å². The van der Waals surface area contributed by atoms with Gasteiger partial charge < -0.3 is 34.9 Å². The molecule has 4 N–H and O–H groups in total. The van der Waals surface area contributed by atoms with Gasteiger partial charge in [0.2, 0.25) is 10.9 Å². The number of aromatic nitrogens is 5. The van der Waals surface area contributed by atoms with Crippen LogP contribution in [0.5, 0.6) is 11.5 Å². The van der Waals surface area contributed by atoms with E-state index in [1.165, 1.54) is 40.3 Å². The highest BCUT2D eigenvalue weighted by Crippen LogP contribution is 2.41. The van der Waals surface area contributed by atoms with Crippen LogP contribution in [0, 0.1) is 0 Å². The molecule has 22 heteroatoms. The van der Waals surface area contributed by atoms with Crippen LogP contribution in [0.1, 0.15) is 29.9 Å². The second kappa shape index (κ2) is 14.6. The number of rotatable bonds is 13. The number of nitrogen functional groups attached to an aromatic ring is 1. The molecule has 5 rings (SSSR count). The van der Waals surface area contributed by atoms with Gasteiger partial charge in [-0.2, -0.15) is 4.98 Å². The Hall–Kier alpha value is -5.77. The number of anilines is 1. The number of carbonyl (C=O) groups excluding carboxylic acids is 5. The molecule has 2 aliphatic heterocycles. The number of hydrogen-bond acceptors (Lipinski definition) is 18. The number of carboxylic acids is 1. The summed E-state index contributed by atoms with van der Waals surface area (Å²) in [6.45, 7) is 1.54. The molecule has 2 atom stereocenters. The number of ketones is 1. The van der Waals surface area contributed by atoms with Crippen molar-refractivity contribution in [3.63, 3.8) is 0 Å². The predicted octanol–water partition coefficient (Wildman–Crippen LogP) is -0.235. The molecule has 2 amide bonds. The van der Waals surface area contributed by atoms with E-state index >= 15 is 0 Å². The average molecular weight is 716 g/mol. The van der Waals surface area contributed by atoms with Crippen molar-refractivity contribution in [1.82, 2.24) is 35.4 Å². The molecular formula is C27H25N9O11S2. The average Bonchev–Trinajstić information content (AvgIpc) is 3.67. The van der Waals surface area contributed by atoms with E-state index in [-0.39, 0.29) is 46.0 Å². The van der Waals surface area contributed by atoms with E-state index in [0.717, 1.165) is 31.1 Å². The number of esters is 2. The number of aliphatic carboxylic acids is 1.